The largest absolute Gasteiger partial charge is 0.507 e. The lowest BCUT2D eigenvalue weighted by atomic mass is 10.1. The molecule has 45 nitrogen and oxygen atoms in total. The van der Waals surface area contributed by atoms with Crippen molar-refractivity contribution >= 4 is 199 Å². The van der Waals surface area contributed by atoms with Crippen LogP contribution in [0.4, 0.5) is 69.0 Å². The van der Waals surface area contributed by atoms with Crippen LogP contribution in [-0.2, 0) is 107 Å². The number of azo groups is 2. The maximum atomic E-state index is 12.9. The third-order valence-corrected chi connectivity index (χ3v) is 20.6. The fourth-order valence-electron chi connectivity index (χ4n) is 8.14. The number of fused-ring (bicyclic) bond motifs is 2. The zero-order valence-corrected chi connectivity index (χ0v) is 58.0. The van der Waals surface area contributed by atoms with Gasteiger partial charge in [0.2, 0.25) is 17.8 Å². The van der Waals surface area contributed by atoms with Gasteiger partial charge >= 0.3 is 20.8 Å². The van der Waals surface area contributed by atoms with Crippen LogP contribution in [0.2, 0.25) is 0 Å². The predicted octanol–water partition coefficient (Wildman–Crippen LogP) is 7.79. The Hall–Kier alpha value is -7.95. The highest BCUT2D eigenvalue weighted by molar-refractivity contribution is 7.95. The first kappa shape index (κ1) is 81.3. The molecule has 1 aromatic heterocycles. The number of hydrogen-bond acceptors (Lipinski definition) is 45. The zero-order chi connectivity index (χ0) is 75.0. The number of phenols is 2. The second-order valence-corrected chi connectivity index (χ2v) is 31.4. The number of nitrogens with two attached hydrogens (primary N) is 3. The Morgan fingerprint density at radius 3 is 1.38 bits per heavy atom. The number of nitrogens with zero attached hydrogens (tertiary/aromatic N) is 7. The highest BCUT2D eigenvalue weighted by atomic mass is 32.3. The standard InChI is InChI=1S/C31H33N9O22S7.C16H14N4O10S3/c32-27-24(64-62-60-43)13-17-12-20(63-61-59-42)16-23(41)26(17)28(27)40-39-22-5-4-19(15-25(22)67(48,49)50)35-31-37-29(33-6-9-65(44,45)10-7-57-68(51,52)53)36-30(38-31)34-18-2-1-3-21(14-18)66(46,47)11-8-58-69(54,55)56;17-8-1-2-10(13(5-8)33(24,25)26)19-20-16-14-7(4-12(15(16)18)32-30-28-23)3-9(6-11(14)21)31-29-27-22/h1-5,12-16,41-43H,6-11,32H2,(H,48,49,50)(H,51,52,53)(H,54,55,56)(H3,33,34,35,36,37,38);1-6,21-23H,17-18H2,(H,24,25,26). The summed E-state index contributed by atoms with van der Waals surface area (Å²) in [6.07, 6.45) is 0. The van der Waals surface area contributed by atoms with Crippen LogP contribution in [0.25, 0.3) is 21.5 Å². The number of aromatic nitrogens is 3. The van der Waals surface area contributed by atoms with E-state index in [0.29, 0.717) is 58.5 Å². The monoisotopic (exact) mass is 1620 g/mol. The van der Waals surface area contributed by atoms with Crippen LogP contribution in [-0.4, -0.2) is 152 Å². The minimum Gasteiger partial charge on any atom is -0.507 e. The average Bonchev–Trinajstić information content (AvgIpc) is 0.774. The summed E-state index contributed by atoms with van der Waals surface area (Å²) in [5, 5.41) is 94.2. The van der Waals surface area contributed by atoms with Crippen molar-refractivity contribution in [1.29, 1.82) is 0 Å². The van der Waals surface area contributed by atoms with Gasteiger partial charge in [-0.3, -0.25) is 18.2 Å². The van der Waals surface area contributed by atoms with E-state index in [1.54, 1.807) is 0 Å². The summed E-state index contributed by atoms with van der Waals surface area (Å²) in [5.74, 6) is -4.33. The van der Waals surface area contributed by atoms with E-state index in [9.17, 15) is 69.8 Å². The number of sulfone groups is 2. The number of benzene rings is 7. The highest BCUT2D eigenvalue weighted by Gasteiger charge is 2.25. The molecule has 8 rings (SSSR count). The number of aromatic hydroxyl groups is 2. The highest BCUT2D eigenvalue weighted by Crippen LogP contribution is 2.48. The van der Waals surface area contributed by atoms with Crippen LogP contribution in [0, 0.1) is 0 Å². The van der Waals surface area contributed by atoms with Gasteiger partial charge in [0, 0.05) is 33.4 Å². The van der Waals surface area contributed by atoms with Crippen molar-refractivity contribution in [2.24, 2.45) is 20.5 Å². The van der Waals surface area contributed by atoms with E-state index in [-0.39, 0.29) is 98.9 Å². The van der Waals surface area contributed by atoms with Crippen LogP contribution in [0.1, 0.15) is 0 Å². The van der Waals surface area contributed by atoms with E-state index >= 15 is 0 Å². The first-order valence-corrected chi connectivity index (χ1v) is 38.4. The summed E-state index contributed by atoms with van der Waals surface area (Å²) < 4.78 is 206. The van der Waals surface area contributed by atoms with Gasteiger partial charge in [-0.2, -0.15) is 48.6 Å². The van der Waals surface area contributed by atoms with Gasteiger partial charge in [-0.05, 0) is 102 Å². The molecule has 8 aromatic rings. The quantitative estimate of drug-likeness (QED) is 0.00450. The predicted molar refractivity (Wildman–Crippen MR) is 355 cm³/mol. The molecule has 0 unspecified atom stereocenters. The summed E-state index contributed by atoms with van der Waals surface area (Å²) in [6, 6.07) is 19.7. The van der Waals surface area contributed by atoms with E-state index in [4.69, 9.17) is 47.3 Å². The normalized spacial score (nSPS) is 12.5. The van der Waals surface area contributed by atoms with E-state index < -0.39 is 125 Å². The van der Waals surface area contributed by atoms with Crippen molar-refractivity contribution in [2.45, 2.75) is 34.3 Å². The molecule has 1 heterocycles. The molecule has 0 amide bonds. The second kappa shape index (κ2) is 35.5. The Labute approximate surface area is 589 Å². The van der Waals surface area contributed by atoms with Crippen LogP contribution in [0.5, 0.6) is 11.5 Å². The molecule has 0 aliphatic carbocycles. The maximum Gasteiger partial charge on any atom is 0.397 e. The Kier molecular flexibility index (Phi) is 28.3. The Bertz CT molecular complexity index is 5200. The molecule has 0 aliphatic heterocycles. The van der Waals surface area contributed by atoms with Gasteiger partial charge in [-0.1, -0.05) is 26.2 Å². The first-order valence-electron chi connectivity index (χ1n) is 26.3. The fourth-order valence-corrected chi connectivity index (χ4v) is 14.1. The molecular formula is C47H47N13O32S10. The SMILES string of the molecule is Nc1c(SOOO)cc2cc(SOOO)cc(O)c2c1N=Nc1ccc(Nc2nc(NCCS(=O)(=O)CCOS(=O)(=O)O)nc(Nc3cccc(S(=O)(=O)CCOS(=O)(=O)O)c3)n2)cc1S(=O)(=O)O.Nc1ccc(N=Nc2c(N)c(SOOO)cc3cc(SOOO)cc(O)c23)c(S(=O)(=O)O)c1. The Balaban J connectivity index is 0.000000367. The van der Waals surface area contributed by atoms with Crippen molar-refractivity contribution in [2.75, 3.05) is 70.2 Å². The topological polar surface area (TPSA) is 702 Å². The van der Waals surface area contributed by atoms with Gasteiger partial charge in [0.1, 0.15) is 44.0 Å². The zero-order valence-electron chi connectivity index (χ0n) is 49.9. The number of rotatable bonds is 35. The maximum absolute atomic E-state index is 12.9. The lowest BCUT2D eigenvalue weighted by Gasteiger charge is -2.13. The number of phenolic OH excluding ortho intramolecular Hbond substituents is 2. The van der Waals surface area contributed by atoms with Gasteiger partial charge in [-0.25, -0.2) is 46.2 Å². The number of nitrogen functional groups attached to an aromatic ring is 3. The van der Waals surface area contributed by atoms with Crippen molar-refractivity contribution in [3.63, 3.8) is 0 Å². The van der Waals surface area contributed by atoms with Gasteiger partial charge < -0.3 is 43.4 Å². The molecular weight excluding hydrogens is 1580 g/mol. The van der Waals surface area contributed by atoms with Gasteiger partial charge in [0.25, 0.3) is 20.2 Å². The van der Waals surface area contributed by atoms with E-state index in [2.05, 4.69) is 97.2 Å². The van der Waals surface area contributed by atoms with Crippen LogP contribution in [0.15, 0.2) is 152 Å². The van der Waals surface area contributed by atoms with Gasteiger partial charge in [0.05, 0.1) is 115 Å². The molecule has 0 bridgehead atoms. The molecule has 0 fully saturated rings. The summed E-state index contributed by atoms with van der Waals surface area (Å²) in [4.78, 5) is 11.3. The molecule has 7 aromatic carbocycles. The lowest BCUT2D eigenvalue weighted by molar-refractivity contribution is -0.432. The first-order chi connectivity index (χ1) is 47.9. The third kappa shape index (κ3) is 23.8. The molecule has 0 atom stereocenters. The minimum absolute atomic E-state index is 0.00410. The van der Waals surface area contributed by atoms with Crippen LogP contribution >= 0.6 is 48.2 Å². The van der Waals surface area contributed by atoms with Gasteiger partial charge in [0.15, 0.2) is 19.7 Å². The van der Waals surface area contributed by atoms with Crippen molar-refractivity contribution in [3.05, 3.63) is 97.1 Å². The van der Waals surface area contributed by atoms with Crippen molar-refractivity contribution in [1.82, 2.24) is 15.0 Å². The summed E-state index contributed by atoms with van der Waals surface area (Å²) in [6.45, 7) is -2.26. The molecule has 0 spiro atoms. The van der Waals surface area contributed by atoms with Crippen molar-refractivity contribution < 1.29 is 146 Å². The molecule has 0 saturated carbocycles. The third-order valence-electron chi connectivity index (χ3n) is 12.2. The molecule has 0 saturated heterocycles. The van der Waals surface area contributed by atoms with E-state index in [1.807, 2.05) is 0 Å². The van der Waals surface area contributed by atoms with Crippen molar-refractivity contribution in [3.8, 4) is 11.5 Å². The molecule has 0 aliphatic rings. The molecule has 55 heteroatoms. The van der Waals surface area contributed by atoms with Crippen LogP contribution < -0.4 is 33.2 Å². The Morgan fingerprint density at radius 2 is 0.912 bits per heavy atom. The number of hydrogen-bond donors (Lipinski definition) is 16. The second-order valence-electron chi connectivity index (χ2n) is 19.0. The average molecular weight is 1630 g/mol. The molecule has 0 radical (unpaired) electrons. The molecule has 102 heavy (non-hydrogen) atoms. The Morgan fingerprint density at radius 1 is 0.471 bits per heavy atom. The minimum atomic E-state index is -5.16. The summed E-state index contributed by atoms with van der Waals surface area (Å²) in [5.41, 5.74) is 16.4. The van der Waals surface area contributed by atoms with E-state index in [1.165, 1.54) is 60.7 Å². The molecule has 552 valence electrons. The van der Waals surface area contributed by atoms with E-state index in [0.717, 1.165) is 36.4 Å². The summed E-state index contributed by atoms with van der Waals surface area (Å²) in [7, 11) is -28.0. The number of nitrogens with one attached hydrogen (secondary N) is 3. The fraction of sp³-hybridized carbons (Fsp3) is 0.128. The van der Waals surface area contributed by atoms with Crippen LogP contribution in [0.3, 0.4) is 0 Å². The lowest BCUT2D eigenvalue weighted by Crippen LogP contribution is -2.22. The summed E-state index contributed by atoms with van der Waals surface area (Å²) >= 11 is 1.95. The smallest absolute Gasteiger partial charge is 0.397 e. The molecule has 19 N–H and O–H groups in total. The van der Waals surface area contributed by atoms with Gasteiger partial charge in [-0.15, -0.1) is 37.8 Å². The number of anilines is 8.